The molecule has 2 heteroatoms. The molecule has 1 aromatic rings. The smallest absolute Gasteiger partial charge is 0.0405 e. The van der Waals surface area contributed by atoms with Crippen molar-refractivity contribution in [1.29, 1.82) is 0 Å². The average Bonchev–Trinajstić information content (AvgIpc) is 2.25. The lowest BCUT2D eigenvalue weighted by atomic mass is 9.98. The number of aryl methyl sites for hydroxylation is 1. The van der Waals surface area contributed by atoms with E-state index in [4.69, 9.17) is 0 Å². The largest absolute Gasteiger partial charge is 0.385 e. The van der Waals surface area contributed by atoms with Crippen LogP contribution in [-0.4, -0.2) is 20.1 Å². The van der Waals surface area contributed by atoms with E-state index in [-0.39, 0.29) is 0 Å². The summed E-state index contributed by atoms with van der Waals surface area (Å²) in [5, 5.41) is 6.72. The Morgan fingerprint density at radius 3 is 2.56 bits per heavy atom. The van der Waals surface area contributed by atoms with E-state index in [0.717, 1.165) is 19.5 Å². The molecular weight excluding hydrogens is 196 g/mol. The Labute approximate surface area is 99.5 Å². The average molecular weight is 220 g/mol. The van der Waals surface area contributed by atoms with Gasteiger partial charge in [0.25, 0.3) is 0 Å². The zero-order chi connectivity index (χ0) is 12.0. The number of hydrogen-bond donors (Lipinski definition) is 2. The van der Waals surface area contributed by atoms with Gasteiger partial charge in [-0.05, 0) is 44.0 Å². The summed E-state index contributed by atoms with van der Waals surface area (Å²) in [7, 11) is 1.99. The van der Waals surface area contributed by atoms with Crippen LogP contribution < -0.4 is 10.6 Å². The van der Waals surface area contributed by atoms with Crippen LogP contribution in [-0.2, 0) is 0 Å². The Morgan fingerprint density at radius 1 is 1.19 bits per heavy atom. The SMILES string of the molecule is CNCCCNc1c(C)cccc1C(C)C. The van der Waals surface area contributed by atoms with Gasteiger partial charge in [0, 0.05) is 12.2 Å². The van der Waals surface area contributed by atoms with Crippen molar-refractivity contribution in [2.45, 2.75) is 33.1 Å². The Morgan fingerprint density at radius 2 is 1.94 bits per heavy atom. The minimum Gasteiger partial charge on any atom is -0.385 e. The van der Waals surface area contributed by atoms with E-state index in [9.17, 15) is 0 Å². The van der Waals surface area contributed by atoms with Crippen LogP contribution >= 0.6 is 0 Å². The molecule has 0 radical (unpaired) electrons. The maximum atomic E-state index is 3.56. The summed E-state index contributed by atoms with van der Waals surface area (Å²) in [6, 6.07) is 6.54. The van der Waals surface area contributed by atoms with Gasteiger partial charge in [-0.2, -0.15) is 0 Å². The number of rotatable bonds is 6. The lowest BCUT2D eigenvalue weighted by Gasteiger charge is -2.17. The number of para-hydroxylation sites is 1. The second kappa shape index (κ2) is 6.54. The summed E-state index contributed by atoms with van der Waals surface area (Å²) in [6.07, 6.45) is 1.16. The standard InChI is InChI=1S/C14H24N2/c1-11(2)13-8-5-7-12(3)14(13)16-10-6-9-15-4/h5,7-8,11,15-16H,6,9-10H2,1-4H3. The van der Waals surface area contributed by atoms with Gasteiger partial charge < -0.3 is 10.6 Å². The summed E-state index contributed by atoms with van der Waals surface area (Å²) in [5.41, 5.74) is 4.09. The van der Waals surface area contributed by atoms with E-state index in [1.165, 1.54) is 16.8 Å². The second-order valence-corrected chi connectivity index (χ2v) is 4.58. The Hall–Kier alpha value is -1.02. The van der Waals surface area contributed by atoms with Crippen molar-refractivity contribution >= 4 is 5.69 Å². The highest BCUT2D eigenvalue weighted by Gasteiger charge is 2.07. The highest BCUT2D eigenvalue weighted by atomic mass is 14.9. The molecule has 0 saturated heterocycles. The molecule has 0 atom stereocenters. The van der Waals surface area contributed by atoms with Gasteiger partial charge in [0.15, 0.2) is 0 Å². The van der Waals surface area contributed by atoms with E-state index in [2.05, 4.69) is 49.6 Å². The first kappa shape index (κ1) is 13.0. The molecule has 0 unspecified atom stereocenters. The quantitative estimate of drug-likeness (QED) is 0.720. The van der Waals surface area contributed by atoms with Gasteiger partial charge in [-0.15, -0.1) is 0 Å². The second-order valence-electron chi connectivity index (χ2n) is 4.58. The van der Waals surface area contributed by atoms with Gasteiger partial charge in [-0.25, -0.2) is 0 Å². The van der Waals surface area contributed by atoms with E-state index < -0.39 is 0 Å². The molecule has 0 aliphatic rings. The molecule has 90 valence electrons. The molecule has 0 bridgehead atoms. The van der Waals surface area contributed by atoms with Crippen molar-refractivity contribution in [3.05, 3.63) is 29.3 Å². The predicted octanol–water partition coefficient (Wildman–Crippen LogP) is 3.14. The topological polar surface area (TPSA) is 24.1 Å². The van der Waals surface area contributed by atoms with E-state index in [1.807, 2.05) is 7.05 Å². The zero-order valence-corrected chi connectivity index (χ0v) is 10.9. The molecule has 0 heterocycles. The molecule has 2 nitrogen and oxygen atoms in total. The first-order valence-electron chi connectivity index (χ1n) is 6.14. The van der Waals surface area contributed by atoms with Crippen molar-refractivity contribution in [3.8, 4) is 0 Å². The highest BCUT2D eigenvalue weighted by molar-refractivity contribution is 5.58. The lowest BCUT2D eigenvalue weighted by molar-refractivity contribution is 0.746. The third kappa shape index (κ3) is 3.53. The minimum atomic E-state index is 0.576. The maximum Gasteiger partial charge on any atom is 0.0405 e. The van der Waals surface area contributed by atoms with Gasteiger partial charge >= 0.3 is 0 Å². The number of benzene rings is 1. The Bertz CT molecular complexity index is 319. The third-order valence-electron chi connectivity index (χ3n) is 2.83. The van der Waals surface area contributed by atoms with E-state index in [0.29, 0.717) is 5.92 Å². The molecular formula is C14H24N2. The van der Waals surface area contributed by atoms with Crippen LogP contribution in [0.2, 0.25) is 0 Å². The highest BCUT2D eigenvalue weighted by Crippen LogP contribution is 2.27. The molecule has 0 aliphatic heterocycles. The summed E-state index contributed by atoms with van der Waals surface area (Å²) in [5.74, 6) is 0.576. The van der Waals surface area contributed by atoms with Crippen molar-refractivity contribution in [3.63, 3.8) is 0 Å². The van der Waals surface area contributed by atoms with Crippen LogP contribution in [0.15, 0.2) is 18.2 Å². The number of anilines is 1. The fraction of sp³-hybridized carbons (Fsp3) is 0.571. The van der Waals surface area contributed by atoms with Crippen molar-refractivity contribution in [2.75, 3.05) is 25.5 Å². The molecule has 0 aromatic heterocycles. The molecule has 1 aromatic carbocycles. The molecule has 0 fully saturated rings. The Kier molecular flexibility index (Phi) is 5.33. The van der Waals surface area contributed by atoms with Crippen LogP contribution in [0.5, 0.6) is 0 Å². The van der Waals surface area contributed by atoms with Crippen LogP contribution in [0.4, 0.5) is 5.69 Å². The van der Waals surface area contributed by atoms with Gasteiger partial charge in [-0.3, -0.25) is 0 Å². The van der Waals surface area contributed by atoms with E-state index >= 15 is 0 Å². The number of hydrogen-bond acceptors (Lipinski definition) is 2. The lowest BCUT2D eigenvalue weighted by Crippen LogP contribution is -2.14. The number of nitrogens with one attached hydrogen (secondary N) is 2. The first-order chi connectivity index (χ1) is 7.66. The monoisotopic (exact) mass is 220 g/mol. The molecule has 1 rings (SSSR count). The minimum absolute atomic E-state index is 0.576. The fourth-order valence-corrected chi connectivity index (χ4v) is 1.89. The molecule has 0 amide bonds. The maximum absolute atomic E-state index is 3.56. The van der Waals surface area contributed by atoms with Crippen LogP contribution in [0.25, 0.3) is 0 Å². The van der Waals surface area contributed by atoms with Gasteiger partial charge in [0.05, 0.1) is 0 Å². The first-order valence-corrected chi connectivity index (χ1v) is 6.14. The Balaban J connectivity index is 2.69. The molecule has 0 saturated carbocycles. The van der Waals surface area contributed by atoms with Crippen LogP contribution in [0.1, 0.15) is 37.3 Å². The van der Waals surface area contributed by atoms with Crippen molar-refractivity contribution in [1.82, 2.24) is 5.32 Å². The summed E-state index contributed by atoms with van der Waals surface area (Å²) in [6.45, 7) is 8.76. The summed E-state index contributed by atoms with van der Waals surface area (Å²) >= 11 is 0. The summed E-state index contributed by atoms with van der Waals surface area (Å²) in [4.78, 5) is 0. The predicted molar refractivity (Wildman–Crippen MR) is 72.3 cm³/mol. The van der Waals surface area contributed by atoms with Gasteiger partial charge in [-0.1, -0.05) is 32.0 Å². The summed E-state index contributed by atoms with van der Waals surface area (Å²) < 4.78 is 0. The third-order valence-corrected chi connectivity index (χ3v) is 2.83. The molecule has 0 spiro atoms. The van der Waals surface area contributed by atoms with Crippen LogP contribution in [0, 0.1) is 6.92 Å². The van der Waals surface area contributed by atoms with Gasteiger partial charge in [0.1, 0.15) is 0 Å². The van der Waals surface area contributed by atoms with E-state index in [1.54, 1.807) is 0 Å². The van der Waals surface area contributed by atoms with Crippen LogP contribution in [0.3, 0.4) is 0 Å². The van der Waals surface area contributed by atoms with Crippen molar-refractivity contribution < 1.29 is 0 Å². The molecule has 0 aliphatic carbocycles. The molecule has 16 heavy (non-hydrogen) atoms. The molecule has 2 N–H and O–H groups in total. The van der Waals surface area contributed by atoms with Crippen molar-refractivity contribution in [2.24, 2.45) is 0 Å². The fourth-order valence-electron chi connectivity index (χ4n) is 1.89. The normalized spacial score (nSPS) is 10.8. The van der Waals surface area contributed by atoms with Gasteiger partial charge in [0.2, 0.25) is 0 Å². The zero-order valence-electron chi connectivity index (χ0n) is 10.9.